The second-order valence-electron chi connectivity index (χ2n) is 9.33. The van der Waals surface area contributed by atoms with E-state index in [1.54, 1.807) is 6.92 Å². The van der Waals surface area contributed by atoms with Crippen LogP contribution in [0.5, 0.6) is 5.75 Å². The summed E-state index contributed by atoms with van der Waals surface area (Å²) in [6, 6.07) is 14.3. The van der Waals surface area contributed by atoms with Crippen LogP contribution in [0.1, 0.15) is 51.3 Å². The highest BCUT2D eigenvalue weighted by molar-refractivity contribution is 7.49. The fourth-order valence-corrected chi connectivity index (χ4v) is 6.27. The third kappa shape index (κ3) is 5.17. The molecule has 2 unspecified atom stereocenters. The molecule has 2 atom stereocenters. The Bertz CT molecular complexity index is 1410. The largest absolute Gasteiger partial charge is 0.609 e. The normalized spacial score (nSPS) is 21.4. The molecule has 5 rings (SSSR count). The van der Waals surface area contributed by atoms with Crippen molar-refractivity contribution in [2.24, 2.45) is 5.16 Å². The number of anilines is 1. The van der Waals surface area contributed by atoms with Crippen LogP contribution in [0.2, 0.25) is 0 Å². The molecule has 0 amide bonds. The third-order valence-corrected chi connectivity index (χ3v) is 8.52. The summed E-state index contributed by atoms with van der Waals surface area (Å²) in [6.45, 7) is 14.2. The molecular formula is C30H36N3O5P. The third-order valence-electron chi connectivity index (χ3n) is 7.27. The maximum Gasteiger partial charge on any atom is 0.609 e. The predicted octanol–water partition coefficient (Wildman–Crippen LogP) is 6.74. The average molecular weight is 550 g/mol. The molecule has 0 bridgehead atoms. The number of phosphoric acid groups is 1. The quantitative estimate of drug-likeness (QED) is 0.304. The van der Waals surface area contributed by atoms with Crippen molar-refractivity contribution in [1.82, 2.24) is 4.90 Å². The average Bonchev–Trinajstić information content (AvgIpc) is 3.34. The number of hydrogen-bond donors (Lipinski definition) is 0. The molecule has 2 aromatic rings. The van der Waals surface area contributed by atoms with E-state index in [1.807, 2.05) is 24.3 Å². The minimum absolute atomic E-state index is 0.134. The Kier molecular flexibility index (Phi) is 7.98. The molecule has 0 radical (unpaired) electrons. The SMILES string of the molecule is CCOP1(=O)ON=C(c2ccccc2C2=C3C=CC(N(CC)CC)C=C3Oc3cc(N(CC)CC)ccc32)O1. The number of benzene rings is 2. The number of oxime groups is 1. The van der Waals surface area contributed by atoms with E-state index >= 15 is 0 Å². The van der Waals surface area contributed by atoms with Gasteiger partial charge in [0.25, 0.3) is 5.90 Å². The van der Waals surface area contributed by atoms with Gasteiger partial charge in [-0.2, -0.15) is 0 Å². The van der Waals surface area contributed by atoms with Gasteiger partial charge in [0.1, 0.15) is 11.5 Å². The molecule has 206 valence electrons. The Balaban J connectivity index is 1.67. The summed E-state index contributed by atoms with van der Waals surface area (Å²) in [4.78, 5) is 4.68. The maximum atomic E-state index is 12.8. The Morgan fingerprint density at radius 3 is 2.38 bits per heavy atom. The van der Waals surface area contributed by atoms with Gasteiger partial charge in [-0.3, -0.25) is 14.0 Å². The molecule has 0 N–H and O–H groups in total. The van der Waals surface area contributed by atoms with Crippen LogP contribution in [0.15, 0.2) is 77.2 Å². The van der Waals surface area contributed by atoms with Crippen LogP contribution in [-0.4, -0.2) is 49.6 Å². The van der Waals surface area contributed by atoms with E-state index < -0.39 is 7.82 Å². The van der Waals surface area contributed by atoms with Gasteiger partial charge in [-0.15, -0.1) is 0 Å². The highest BCUT2D eigenvalue weighted by Gasteiger charge is 2.40. The molecular weight excluding hydrogens is 513 g/mol. The number of ether oxygens (including phenoxy) is 1. The molecule has 1 aliphatic carbocycles. The summed E-state index contributed by atoms with van der Waals surface area (Å²) in [7, 11) is -3.78. The van der Waals surface area contributed by atoms with Gasteiger partial charge in [-0.05, 0) is 68.9 Å². The van der Waals surface area contributed by atoms with Crippen LogP contribution in [0, 0.1) is 0 Å². The van der Waals surface area contributed by atoms with Gasteiger partial charge in [0.15, 0.2) is 0 Å². The van der Waals surface area contributed by atoms with E-state index in [1.165, 1.54) is 0 Å². The molecule has 0 saturated carbocycles. The summed E-state index contributed by atoms with van der Waals surface area (Å²) in [5, 5.41) is 4.02. The second kappa shape index (κ2) is 11.4. The lowest BCUT2D eigenvalue weighted by molar-refractivity contribution is 0.190. The van der Waals surface area contributed by atoms with Crippen molar-refractivity contribution in [2.75, 3.05) is 37.7 Å². The van der Waals surface area contributed by atoms with Crippen LogP contribution in [-0.2, 0) is 18.2 Å². The highest BCUT2D eigenvalue weighted by Crippen LogP contribution is 2.55. The molecule has 0 aromatic heterocycles. The first-order valence-corrected chi connectivity index (χ1v) is 15.2. The fraction of sp³-hybridized carbons (Fsp3) is 0.367. The van der Waals surface area contributed by atoms with Crippen molar-refractivity contribution < 1.29 is 23.0 Å². The zero-order chi connectivity index (χ0) is 27.6. The molecule has 0 fully saturated rings. The van der Waals surface area contributed by atoms with Gasteiger partial charge >= 0.3 is 7.82 Å². The maximum absolute atomic E-state index is 12.8. The Morgan fingerprint density at radius 2 is 1.69 bits per heavy atom. The lowest BCUT2D eigenvalue weighted by Crippen LogP contribution is -2.34. The van der Waals surface area contributed by atoms with Gasteiger partial charge < -0.3 is 14.2 Å². The van der Waals surface area contributed by atoms with Gasteiger partial charge in [0.05, 0.1) is 12.6 Å². The highest BCUT2D eigenvalue weighted by atomic mass is 31.2. The Morgan fingerprint density at radius 1 is 0.949 bits per heavy atom. The molecule has 39 heavy (non-hydrogen) atoms. The molecule has 0 spiro atoms. The van der Waals surface area contributed by atoms with Gasteiger partial charge in [0, 0.05) is 47.1 Å². The first kappa shape index (κ1) is 27.3. The van der Waals surface area contributed by atoms with Crippen LogP contribution in [0.25, 0.3) is 5.57 Å². The number of fused-ring (bicyclic) bond motifs is 2. The number of hydrogen-bond acceptors (Lipinski definition) is 8. The molecule has 9 heteroatoms. The predicted molar refractivity (Wildman–Crippen MR) is 155 cm³/mol. The summed E-state index contributed by atoms with van der Waals surface area (Å²) in [5.74, 6) is 1.74. The number of rotatable bonds is 10. The van der Waals surface area contributed by atoms with Crippen molar-refractivity contribution in [3.05, 3.63) is 88.7 Å². The van der Waals surface area contributed by atoms with Gasteiger partial charge in [-0.1, -0.05) is 44.2 Å². The van der Waals surface area contributed by atoms with Crippen LogP contribution in [0.4, 0.5) is 5.69 Å². The van der Waals surface area contributed by atoms with Crippen molar-refractivity contribution in [3.63, 3.8) is 0 Å². The molecule has 8 nitrogen and oxygen atoms in total. The monoisotopic (exact) mass is 549 g/mol. The van der Waals surface area contributed by atoms with E-state index in [2.05, 4.69) is 79.1 Å². The number of phosphoric ester groups is 1. The van der Waals surface area contributed by atoms with Crippen LogP contribution < -0.4 is 9.64 Å². The van der Waals surface area contributed by atoms with Crippen molar-refractivity contribution >= 4 is 25.0 Å². The summed E-state index contributed by atoms with van der Waals surface area (Å²) in [5.41, 5.74) is 5.57. The van der Waals surface area contributed by atoms with E-state index in [4.69, 9.17) is 18.4 Å². The number of likely N-dealkylation sites (N-methyl/N-ethyl adjacent to an activating group) is 1. The zero-order valence-corrected chi connectivity index (χ0v) is 24.1. The Hall–Kier alpha value is -3.32. The van der Waals surface area contributed by atoms with E-state index in [9.17, 15) is 4.57 Å². The zero-order valence-electron chi connectivity index (χ0n) is 23.2. The molecule has 2 aromatic carbocycles. The summed E-state index contributed by atoms with van der Waals surface area (Å²) in [6.07, 6.45) is 6.54. The summed E-state index contributed by atoms with van der Waals surface area (Å²) < 4.78 is 35.4. The standard InChI is InChI=1S/C30H36N3O5P/c1-6-32(7-2)21-15-17-25-27(19-21)36-28-20-22(33(8-3)9-4)16-18-26(28)29(25)23-13-11-12-14-24(23)30-31-38-39(34,37-30)35-10-5/h11-21H,6-10H2,1-5H3. The molecule has 2 aliphatic heterocycles. The molecule has 3 aliphatic rings. The topological polar surface area (TPSA) is 72.8 Å². The Labute approximate surface area is 230 Å². The van der Waals surface area contributed by atoms with Crippen LogP contribution >= 0.6 is 7.82 Å². The lowest BCUT2D eigenvalue weighted by atomic mass is 9.85. The van der Waals surface area contributed by atoms with Gasteiger partial charge in [0.2, 0.25) is 0 Å². The fourth-order valence-electron chi connectivity index (χ4n) is 5.31. The van der Waals surface area contributed by atoms with E-state index in [-0.39, 0.29) is 18.5 Å². The van der Waals surface area contributed by atoms with E-state index in [0.717, 1.165) is 65.6 Å². The molecule has 2 heterocycles. The molecule has 0 saturated heterocycles. The van der Waals surface area contributed by atoms with Crippen molar-refractivity contribution in [1.29, 1.82) is 0 Å². The first-order chi connectivity index (χ1) is 18.9. The number of allylic oxidation sites excluding steroid dienone is 1. The first-order valence-electron chi connectivity index (χ1n) is 13.7. The van der Waals surface area contributed by atoms with Gasteiger partial charge in [-0.25, -0.2) is 4.57 Å². The minimum Gasteiger partial charge on any atom is -0.456 e. The lowest BCUT2D eigenvalue weighted by Gasteiger charge is -2.33. The minimum atomic E-state index is -3.78. The summed E-state index contributed by atoms with van der Waals surface area (Å²) >= 11 is 0. The smallest absolute Gasteiger partial charge is 0.456 e. The van der Waals surface area contributed by atoms with E-state index in [0.29, 0.717) is 5.56 Å². The van der Waals surface area contributed by atoms with Crippen LogP contribution in [0.3, 0.4) is 0 Å². The van der Waals surface area contributed by atoms with Crippen molar-refractivity contribution in [3.8, 4) is 5.75 Å². The second-order valence-corrected chi connectivity index (χ2v) is 10.8. The van der Waals surface area contributed by atoms with Crippen molar-refractivity contribution in [2.45, 2.75) is 40.7 Å². The number of nitrogens with zero attached hydrogens (tertiary/aromatic N) is 3.